The molecule has 0 saturated carbocycles. The summed E-state index contributed by atoms with van der Waals surface area (Å²) in [6, 6.07) is 11.8. The SMILES string of the molecule is CCCCOc1ccc(C)cc1-c1cccc([C@@H](C)O)n1. The van der Waals surface area contributed by atoms with E-state index in [1.165, 1.54) is 0 Å². The Bertz CT molecular complexity index is 594. The van der Waals surface area contributed by atoms with E-state index < -0.39 is 6.10 Å². The summed E-state index contributed by atoms with van der Waals surface area (Å²) in [4.78, 5) is 4.54. The maximum Gasteiger partial charge on any atom is 0.128 e. The Balaban J connectivity index is 2.37. The van der Waals surface area contributed by atoms with Crippen molar-refractivity contribution >= 4 is 0 Å². The van der Waals surface area contributed by atoms with E-state index in [-0.39, 0.29) is 0 Å². The number of pyridine rings is 1. The number of aromatic nitrogens is 1. The highest BCUT2D eigenvalue weighted by Gasteiger charge is 2.10. The summed E-state index contributed by atoms with van der Waals surface area (Å²) in [5, 5.41) is 9.70. The van der Waals surface area contributed by atoms with Crippen LogP contribution in [0.15, 0.2) is 36.4 Å². The van der Waals surface area contributed by atoms with Crippen LogP contribution in [0.25, 0.3) is 11.3 Å². The molecule has 0 unspecified atom stereocenters. The monoisotopic (exact) mass is 285 g/mol. The van der Waals surface area contributed by atoms with Crippen LogP contribution in [0.1, 0.15) is 44.1 Å². The van der Waals surface area contributed by atoms with Gasteiger partial charge in [-0.15, -0.1) is 0 Å². The van der Waals surface area contributed by atoms with Gasteiger partial charge in [0.1, 0.15) is 5.75 Å². The van der Waals surface area contributed by atoms with Crippen molar-refractivity contribution in [3.8, 4) is 17.0 Å². The number of hydrogen-bond donors (Lipinski definition) is 1. The predicted octanol–water partition coefficient (Wildman–Crippen LogP) is 4.29. The van der Waals surface area contributed by atoms with Crippen molar-refractivity contribution in [3.63, 3.8) is 0 Å². The first-order chi connectivity index (χ1) is 10.1. The van der Waals surface area contributed by atoms with Crippen molar-refractivity contribution in [1.82, 2.24) is 4.98 Å². The van der Waals surface area contributed by atoms with Gasteiger partial charge in [-0.25, -0.2) is 4.98 Å². The normalized spacial score (nSPS) is 12.2. The van der Waals surface area contributed by atoms with E-state index in [4.69, 9.17) is 4.74 Å². The van der Waals surface area contributed by atoms with Crippen LogP contribution in [0.4, 0.5) is 0 Å². The molecule has 1 heterocycles. The van der Waals surface area contributed by atoms with Crippen LogP contribution < -0.4 is 4.74 Å². The van der Waals surface area contributed by atoms with Crippen molar-refractivity contribution in [2.45, 2.75) is 39.7 Å². The molecular weight excluding hydrogens is 262 g/mol. The van der Waals surface area contributed by atoms with Gasteiger partial charge < -0.3 is 9.84 Å². The molecule has 21 heavy (non-hydrogen) atoms. The van der Waals surface area contributed by atoms with Gasteiger partial charge in [-0.3, -0.25) is 0 Å². The third-order valence-corrected chi connectivity index (χ3v) is 3.37. The van der Waals surface area contributed by atoms with Gasteiger partial charge in [0.2, 0.25) is 0 Å². The lowest BCUT2D eigenvalue weighted by atomic mass is 10.1. The first kappa shape index (κ1) is 15.5. The van der Waals surface area contributed by atoms with Gasteiger partial charge in [0.05, 0.1) is 24.1 Å². The molecule has 2 aromatic rings. The zero-order chi connectivity index (χ0) is 15.2. The van der Waals surface area contributed by atoms with E-state index in [1.807, 2.05) is 30.3 Å². The second kappa shape index (κ2) is 7.23. The van der Waals surface area contributed by atoms with Gasteiger partial charge in [-0.05, 0) is 44.5 Å². The third kappa shape index (κ3) is 4.05. The van der Waals surface area contributed by atoms with Crippen molar-refractivity contribution in [1.29, 1.82) is 0 Å². The van der Waals surface area contributed by atoms with E-state index in [1.54, 1.807) is 6.92 Å². The Hall–Kier alpha value is -1.87. The molecule has 0 fully saturated rings. The summed E-state index contributed by atoms with van der Waals surface area (Å²) >= 11 is 0. The van der Waals surface area contributed by atoms with Crippen molar-refractivity contribution in [3.05, 3.63) is 47.7 Å². The van der Waals surface area contributed by atoms with Gasteiger partial charge in [-0.1, -0.05) is 31.0 Å². The van der Waals surface area contributed by atoms with Crippen LogP contribution >= 0.6 is 0 Å². The van der Waals surface area contributed by atoms with E-state index in [0.29, 0.717) is 12.3 Å². The Labute approximate surface area is 126 Å². The van der Waals surface area contributed by atoms with Gasteiger partial charge in [0.25, 0.3) is 0 Å². The lowest BCUT2D eigenvalue weighted by molar-refractivity contribution is 0.194. The summed E-state index contributed by atoms with van der Waals surface area (Å²) in [6.45, 7) is 6.63. The highest BCUT2D eigenvalue weighted by atomic mass is 16.5. The first-order valence-corrected chi connectivity index (χ1v) is 7.50. The second-order valence-corrected chi connectivity index (χ2v) is 5.33. The van der Waals surface area contributed by atoms with Crippen LogP contribution in [0.5, 0.6) is 5.75 Å². The van der Waals surface area contributed by atoms with Crippen LogP contribution in [0.3, 0.4) is 0 Å². The maximum absolute atomic E-state index is 9.70. The molecule has 0 saturated heterocycles. The lowest BCUT2D eigenvalue weighted by Gasteiger charge is -2.13. The second-order valence-electron chi connectivity index (χ2n) is 5.33. The predicted molar refractivity (Wildman–Crippen MR) is 85.4 cm³/mol. The Morgan fingerprint density at radius 2 is 2.05 bits per heavy atom. The van der Waals surface area contributed by atoms with E-state index in [2.05, 4.69) is 24.9 Å². The van der Waals surface area contributed by atoms with E-state index >= 15 is 0 Å². The van der Waals surface area contributed by atoms with Crippen molar-refractivity contribution < 1.29 is 9.84 Å². The Morgan fingerprint density at radius 1 is 1.24 bits per heavy atom. The minimum atomic E-state index is -0.570. The number of hydrogen-bond acceptors (Lipinski definition) is 3. The number of aryl methyl sites for hydroxylation is 1. The number of aliphatic hydroxyl groups excluding tert-OH is 1. The molecule has 0 aliphatic rings. The average Bonchev–Trinajstić information content (AvgIpc) is 2.49. The molecule has 0 amide bonds. The molecule has 0 radical (unpaired) electrons. The number of nitrogens with zero attached hydrogens (tertiary/aromatic N) is 1. The number of rotatable bonds is 6. The molecule has 0 aliphatic carbocycles. The average molecular weight is 285 g/mol. The minimum Gasteiger partial charge on any atom is -0.493 e. The molecule has 1 atom stereocenters. The van der Waals surface area contributed by atoms with Gasteiger partial charge >= 0.3 is 0 Å². The molecule has 0 aliphatic heterocycles. The first-order valence-electron chi connectivity index (χ1n) is 7.50. The highest BCUT2D eigenvalue weighted by Crippen LogP contribution is 2.30. The lowest BCUT2D eigenvalue weighted by Crippen LogP contribution is -2.01. The Kier molecular flexibility index (Phi) is 5.34. The maximum atomic E-state index is 9.70. The van der Waals surface area contributed by atoms with Crippen molar-refractivity contribution in [2.24, 2.45) is 0 Å². The topological polar surface area (TPSA) is 42.4 Å². The molecule has 112 valence electrons. The smallest absolute Gasteiger partial charge is 0.128 e. The molecule has 3 nitrogen and oxygen atoms in total. The minimum absolute atomic E-state index is 0.570. The third-order valence-electron chi connectivity index (χ3n) is 3.37. The van der Waals surface area contributed by atoms with Crippen LogP contribution in [0.2, 0.25) is 0 Å². The fraction of sp³-hybridized carbons (Fsp3) is 0.389. The summed E-state index contributed by atoms with van der Waals surface area (Å²) in [5.41, 5.74) is 3.66. The standard InChI is InChI=1S/C18H23NO2/c1-4-5-11-21-18-10-9-13(2)12-15(18)17-8-6-7-16(19-17)14(3)20/h6-10,12,14,20H,4-5,11H2,1-3H3/t14-/m1/s1. The zero-order valence-corrected chi connectivity index (χ0v) is 13.0. The molecule has 3 heteroatoms. The summed E-state index contributed by atoms with van der Waals surface area (Å²) in [5.74, 6) is 0.851. The molecular formula is C18H23NO2. The largest absolute Gasteiger partial charge is 0.493 e. The molecule has 1 aromatic heterocycles. The van der Waals surface area contributed by atoms with Gasteiger partial charge in [-0.2, -0.15) is 0 Å². The number of ether oxygens (including phenoxy) is 1. The summed E-state index contributed by atoms with van der Waals surface area (Å²) in [7, 11) is 0. The molecule has 0 spiro atoms. The number of benzene rings is 1. The van der Waals surface area contributed by atoms with Gasteiger partial charge in [0, 0.05) is 5.56 Å². The Morgan fingerprint density at radius 3 is 2.76 bits per heavy atom. The van der Waals surface area contributed by atoms with E-state index in [0.717, 1.165) is 35.4 Å². The highest BCUT2D eigenvalue weighted by molar-refractivity contribution is 5.68. The number of aliphatic hydroxyl groups is 1. The molecule has 2 rings (SSSR count). The fourth-order valence-corrected chi connectivity index (χ4v) is 2.13. The van der Waals surface area contributed by atoms with Crippen molar-refractivity contribution in [2.75, 3.05) is 6.61 Å². The number of unbranched alkanes of at least 4 members (excludes halogenated alkanes) is 1. The molecule has 1 N–H and O–H groups in total. The fourth-order valence-electron chi connectivity index (χ4n) is 2.13. The quantitative estimate of drug-likeness (QED) is 0.805. The van der Waals surface area contributed by atoms with Crippen LogP contribution in [-0.2, 0) is 0 Å². The van der Waals surface area contributed by atoms with Crippen LogP contribution in [-0.4, -0.2) is 16.7 Å². The molecule has 1 aromatic carbocycles. The van der Waals surface area contributed by atoms with Crippen LogP contribution in [0, 0.1) is 6.92 Å². The summed E-state index contributed by atoms with van der Waals surface area (Å²) in [6.07, 6.45) is 1.57. The summed E-state index contributed by atoms with van der Waals surface area (Å²) < 4.78 is 5.88. The molecule has 0 bridgehead atoms. The zero-order valence-electron chi connectivity index (χ0n) is 13.0. The van der Waals surface area contributed by atoms with Gasteiger partial charge in [0.15, 0.2) is 0 Å². The van der Waals surface area contributed by atoms with E-state index in [9.17, 15) is 5.11 Å².